The summed E-state index contributed by atoms with van der Waals surface area (Å²) in [5.74, 6) is -0.242. The molecule has 1 atom stereocenters. The lowest BCUT2D eigenvalue weighted by atomic mass is 9.91. The highest BCUT2D eigenvalue weighted by molar-refractivity contribution is 8.00. The van der Waals surface area contributed by atoms with Crippen LogP contribution in [-0.2, 0) is 6.42 Å². The molecular weight excluding hydrogens is 364 g/mol. The van der Waals surface area contributed by atoms with Gasteiger partial charge in [-0.05, 0) is 37.1 Å². The first-order valence-electron chi connectivity index (χ1n) is 7.57. The van der Waals surface area contributed by atoms with E-state index in [1.807, 2.05) is 24.5 Å². The average molecular weight is 381 g/mol. The number of fused-ring (bicyclic) bond motifs is 1. The molecule has 0 fully saturated rings. The van der Waals surface area contributed by atoms with E-state index in [1.165, 1.54) is 17.6 Å². The number of aliphatic hydroxyl groups excluding tert-OH is 1. The minimum atomic E-state index is -0.472. The number of hydrogen-bond acceptors (Lipinski definition) is 5. The van der Waals surface area contributed by atoms with Crippen molar-refractivity contribution in [2.24, 2.45) is 5.10 Å². The van der Waals surface area contributed by atoms with Crippen molar-refractivity contribution in [3.05, 3.63) is 50.9 Å². The van der Waals surface area contributed by atoms with E-state index < -0.39 is 6.10 Å². The topological polar surface area (TPSA) is 61.7 Å². The van der Waals surface area contributed by atoms with Crippen LogP contribution in [0, 0.1) is 0 Å². The summed E-state index contributed by atoms with van der Waals surface area (Å²) in [6.07, 6.45) is 5.49. The smallest absolute Gasteiger partial charge is 0.281 e. The third-order valence-electron chi connectivity index (χ3n) is 3.92. The van der Waals surface area contributed by atoms with Gasteiger partial charge in [0.1, 0.15) is 0 Å². The van der Waals surface area contributed by atoms with Crippen molar-refractivity contribution in [2.45, 2.75) is 29.6 Å². The number of thiophene rings is 1. The van der Waals surface area contributed by atoms with Gasteiger partial charge in [-0.2, -0.15) is 5.10 Å². The lowest BCUT2D eigenvalue weighted by molar-refractivity contribution is 0.0957. The molecule has 24 heavy (non-hydrogen) atoms. The maximum Gasteiger partial charge on any atom is 0.281 e. The molecule has 1 heterocycles. The average Bonchev–Trinajstić information content (AvgIpc) is 2.97. The zero-order valence-electron chi connectivity index (χ0n) is 13.1. The van der Waals surface area contributed by atoms with Gasteiger partial charge in [0.2, 0.25) is 0 Å². The van der Waals surface area contributed by atoms with Crippen LogP contribution in [0.3, 0.4) is 0 Å². The highest BCUT2D eigenvalue weighted by Crippen LogP contribution is 2.43. The molecule has 126 valence electrons. The van der Waals surface area contributed by atoms with Crippen LogP contribution in [-0.4, -0.2) is 23.5 Å². The summed E-state index contributed by atoms with van der Waals surface area (Å²) < 4.78 is 1.01. The summed E-state index contributed by atoms with van der Waals surface area (Å²) in [4.78, 5) is 13.1. The number of benzene rings is 1. The Kier molecular flexibility index (Phi) is 5.61. The van der Waals surface area contributed by atoms with Gasteiger partial charge in [-0.1, -0.05) is 29.8 Å². The molecular formula is C17H17ClN2O2S2. The number of thioether (sulfide) groups is 1. The van der Waals surface area contributed by atoms with Crippen molar-refractivity contribution < 1.29 is 9.90 Å². The van der Waals surface area contributed by atoms with Gasteiger partial charge in [-0.3, -0.25) is 4.79 Å². The lowest BCUT2D eigenvalue weighted by Gasteiger charge is -2.19. The molecule has 2 N–H and O–H groups in total. The van der Waals surface area contributed by atoms with Crippen molar-refractivity contribution in [2.75, 3.05) is 6.26 Å². The quantitative estimate of drug-likeness (QED) is 0.473. The third kappa shape index (κ3) is 3.52. The molecule has 0 unspecified atom stereocenters. The molecule has 1 amide bonds. The maximum atomic E-state index is 12.5. The number of hydrogen-bond donors (Lipinski definition) is 2. The second-order valence-corrected chi connectivity index (χ2v) is 7.95. The predicted molar refractivity (Wildman–Crippen MR) is 101 cm³/mol. The van der Waals surface area contributed by atoms with Crippen molar-refractivity contribution >= 4 is 46.8 Å². The first-order chi connectivity index (χ1) is 11.6. The van der Waals surface area contributed by atoms with Gasteiger partial charge in [-0.15, -0.1) is 23.1 Å². The molecule has 1 aromatic heterocycles. The van der Waals surface area contributed by atoms with E-state index in [0.29, 0.717) is 9.90 Å². The number of nitrogens with one attached hydrogen (secondary N) is 1. The van der Waals surface area contributed by atoms with Crippen LogP contribution in [0.4, 0.5) is 0 Å². The Morgan fingerprint density at radius 2 is 2.29 bits per heavy atom. The Morgan fingerprint density at radius 1 is 1.50 bits per heavy atom. The fourth-order valence-electron chi connectivity index (χ4n) is 2.78. The Bertz CT molecular complexity index is 789. The molecule has 0 saturated carbocycles. The Hall–Kier alpha value is -1.34. The largest absolute Gasteiger partial charge is 0.388 e. The van der Waals surface area contributed by atoms with Crippen molar-refractivity contribution in [3.8, 4) is 0 Å². The van der Waals surface area contributed by atoms with Gasteiger partial charge in [0.05, 0.1) is 21.4 Å². The fourth-order valence-corrected chi connectivity index (χ4v) is 5.06. The monoisotopic (exact) mass is 380 g/mol. The minimum Gasteiger partial charge on any atom is -0.388 e. The van der Waals surface area contributed by atoms with Crippen molar-refractivity contribution in [1.29, 1.82) is 0 Å². The maximum absolute atomic E-state index is 12.5. The summed E-state index contributed by atoms with van der Waals surface area (Å²) in [5, 5.41) is 14.8. The molecule has 0 saturated heterocycles. The van der Waals surface area contributed by atoms with Gasteiger partial charge < -0.3 is 5.11 Å². The van der Waals surface area contributed by atoms with Crippen LogP contribution < -0.4 is 5.43 Å². The summed E-state index contributed by atoms with van der Waals surface area (Å²) >= 11 is 9.06. The lowest BCUT2D eigenvalue weighted by Crippen LogP contribution is -2.19. The van der Waals surface area contributed by atoms with Gasteiger partial charge in [0.15, 0.2) is 0 Å². The molecule has 0 bridgehead atoms. The molecule has 1 aliphatic carbocycles. The molecule has 1 aliphatic rings. The number of carbonyl (C=O) groups excluding carboxylic acids is 1. The van der Waals surface area contributed by atoms with E-state index >= 15 is 0 Å². The van der Waals surface area contributed by atoms with E-state index in [2.05, 4.69) is 10.5 Å². The van der Waals surface area contributed by atoms with E-state index in [1.54, 1.807) is 17.8 Å². The summed E-state index contributed by atoms with van der Waals surface area (Å²) in [6.45, 7) is 0. The van der Waals surface area contributed by atoms with Gasteiger partial charge in [-0.25, -0.2) is 5.43 Å². The number of carbonyl (C=O) groups is 1. The van der Waals surface area contributed by atoms with Crippen molar-refractivity contribution in [3.63, 3.8) is 0 Å². The van der Waals surface area contributed by atoms with Crippen LogP contribution in [0.25, 0.3) is 0 Å². The zero-order valence-corrected chi connectivity index (χ0v) is 15.5. The molecule has 0 aliphatic heterocycles. The van der Waals surface area contributed by atoms with Crippen LogP contribution in [0.15, 0.2) is 33.6 Å². The zero-order chi connectivity index (χ0) is 17.1. The molecule has 4 nitrogen and oxygen atoms in total. The fraction of sp³-hybridized carbons (Fsp3) is 0.294. The second-order valence-electron chi connectivity index (χ2n) is 5.44. The predicted octanol–water partition coefficient (Wildman–Crippen LogP) is 4.26. The van der Waals surface area contributed by atoms with E-state index in [9.17, 15) is 9.90 Å². The molecule has 1 aromatic carbocycles. The molecule has 7 heteroatoms. The summed E-state index contributed by atoms with van der Waals surface area (Å²) in [5.41, 5.74) is 5.21. The van der Waals surface area contributed by atoms with Crippen molar-refractivity contribution in [1.82, 2.24) is 5.43 Å². The number of halogens is 1. The highest BCUT2D eigenvalue weighted by atomic mass is 35.5. The summed E-state index contributed by atoms with van der Waals surface area (Å²) in [7, 11) is 0. The Balaban J connectivity index is 1.80. The number of aliphatic hydroxyl groups is 1. The van der Waals surface area contributed by atoms with E-state index in [-0.39, 0.29) is 5.91 Å². The van der Waals surface area contributed by atoms with Crippen LogP contribution in [0.5, 0.6) is 0 Å². The molecule has 0 spiro atoms. The van der Waals surface area contributed by atoms with Crippen LogP contribution >= 0.6 is 34.7 Å². The van der Waals surface area contributed by atoms with Gasteiger partial charge in [0.25, 0.3) is 5.91 Å². The Morgan fingerprint density at radius 3 is 3.04 bits per heavy atom. The SMILES string of the molecule is CSc1sc(C(=O)N/N=C\c2ccccc2Cl)c2c1[C@H](O)CCC2. The first-order valence-corrected chi connectivity index (χ1v) is 9.99. The number of nitrogens with zero attached hydrogens (tertiary/aromatic N) is 1. The van der Waals surface area contributed by atoms with Crippen LogP contribution in [0.2, 0.25) is 5.02 Å². The van der Waals surface area contributed by atoms with Gasteiger partial charge >= 0.3 is 0 Å². The Labute approximate surface area is 153 Å². The van der Waals surface area contributed by atoms with Crippen LogP contribution in [0.1, 0.15) is 45.3 Å². The summed E-state index contributed by atoms with van der Waals surface area (Å²) in [6, 6.07) is 7.29. The minimum absolute atomic E-state index is 0.242. The third-order valence-corrected chi connectivity index (χ3v) is 6.64. The number of hydrazone groups is 1. The highest BCUT2D eigenvalue weighted by Gasteiger charge is 2.29. The van der Waals surface area contributed by atoms with E-state index in [0.717, 1.165) is 40.2 Å². The van der Waals surface area contributed by atoms with E-state index in [4.69, 9.17) is 11.6 Å². The number of amides is 1. The molecule has 3 rings (SSSR count). The van der Waals surface area contributed by atoms with Gasteiger partial charge in [0, 0.05) is 16.1 Å². The first kappa shape index (κ1) is 17.5. The normalized spacial score (nSPS) is 17.0. The molecule has 2 aromatic rings. The second kappa shape index (κ2) is 7.70. The standard InChI is InChI=1S/C17H17ClN2O2S2/c1-23-17-14-11(6-4-8-13(14)21)15(24-17)16(22)20-19-9-10-5-2-3-7-12(10)18/h2-3,5,7,9,13,21H,4,6,8H2,1H3,(H,20,22)/b19-9-/t13-/m1/s1. The molecule has 0 radical (unpaired) electrons. The number of rotatable bonds is 4.